The van der Waals surface area contributed by atoms with Crippen molar-refractivity contribution in [2.24, 2.45) is 0 Å². The molecule has 0 unspecified atom stereocenters. The summed E-state index contributed by atoms with van der Waals surface area (Å²) in [6.07, 6.45) is 13.0. The number of esters is 1. The molecule has 0 radical (unpaired) electrons. The highest BCUT2D eigenvalue weighted by Gasteiger charge is 2.15. The van der Waals surface area contributed by atoms with Crippen LogP contribution in [0.15, 0.2) is 30.3 Å². The average Bonchev–Trinajstić information content (AvgIpc) is 2.65. The SMILES string of the molecule is CCCCCCCCCCC[C@@H](CC(=O)OCC)OCc1ccccc1. The van der Waals surface area contributed by atoms with Gasteiger partial charge in [0.05, 0.1) is 25.7 Å². The summed E-state index contributed by atoms with van der Waals surface area (Å²) in [6.45, 7) is 5.09. The first kappa shape index (κ1) is 22.7. The summed E-state index contributed by atoms with van der Waals surface area (Å²) in [4.78, 5) is 11.8. The zero-order valence-electron chi connectivity index (χ0n) is 16.9. The molecule has 0 saturated carbocycles. The zero-order chi connectivity index (χ0) is 18.9. The average molecular weight is 363 g/mol. The van der Waals surface area contributed by atoms with Crippen molar-refractivity contribution in [3.05, 3.63) is 35.9 Å². The summed E-state index contributed by atoms with van der Waals surface area (Å²) in [5.74, 6) is -0.151. The number of hydrogen-bond donors (Lipinski definition) is 0. The Morgan fingerprint density at radius 3 is 2.12 bits per heavy atom. The van der Waals surface area contributed by atoms with Gasteiger partial charge in [0.1, 0.15) is 0 Å². The number of ether oxygens (including phenoxy) is 2. The quantitative estimate of drug-likeness (QED) is 0.250. The summed E-state index contributed by atoms with van der Waals surface area (Å²) in [7, 11) is 0. The first-order valence-corrected chi connectivity index (χ1v) is 10.6. The van der Waals surface area contributed by atoms with Gasteiger partial charge in [-0.25, -0.2) is 0 Å². The summed E-state index contributed by atoms with van der Waals surface area (Å²) in [6, 6.07) is 10.1. The van der Waals surface area contributed by atoms with Gasteiger partial charge in [0.2, 0.25) is 0 Å². The Kier molecular flexibility index (Phi) is 13.8. The van der Waals surface area contributed by atoms with E-state index < -0.39 is 0 Å². The van der Waals surface area contributed by atoms with Crippen LogP contribution >= 0.6 is 0 Å². The van der Waals surface area contributed by atoms with Crippen molar-refractivity contribution < 1.29 is 14.3 Å². The molecule has 26 heavy (non-hydrogen) atoms. The van der Waals surface area contributed by atoms with Crippen molar-refractivity contribution in [2.45, 2.75) is 97.2 Å². The molecule has 3 heteroatoms. The topological polar surface area (TPSA) is 35.5 Å². The monoisotopic (exact) mass is 362 g/mol. The molecule has 1 aromatic rings. The molecule has 0 aliphatic rings. The lowest BCUT2D eigenvalue weighted by Gasteiger charge is -2.17. The second-order valence-corrected chi connectivity index (χ2v) is 7.04. The molecule has 0 aliphatic heterocycles. The highest BCUT2D eigenvalue weighted by atomic mass is 16.5. The van der Waals surface area contributed by atoms with E-state index in [-0.39, 0.29) is 12.1 Å². The lowest BCUT2D eigenvalue weighted by molar-refractivity contribution is -0.146. The smallest absolute Gasteiger partial charge is 0.308 e. The van der Waals surface area contributed by atoms with Crippen molar-refractivity contribution in [2.75, 3.05) is 6.61 Å². The molecule has 1 rings (SSSR count). The van der Waals surface area contributed by atoms with Gasteiger partial charge in [-0.2, -0.15) is 0 Å². The van der Waals surface area contributed by atoms with Crippen LogP contribution in [0.1, 0.15) is 90.0 Å². The molecule has 0 fully saturated rings. The van der Waals surface area contributed by atoms with Crippen LogP contribution in [0.5, 0.6) is 0 Å². The molecule has 0 aliphatic carbocycles. The molecule has 0 heterocycles. The highest BCUT2D eigenvalue weighted by Crippen LogP contribution is 2.16. The van der Waals surface area contributed by atoms with E-state index in [9.17, 15) is 4.79 Å². The Labute approximate surface area is 160 Å². The largest absolute Gasteiger partial charge is 0.466 e. The summed E-state index contributed by atoms with van der Waals surface area (Å²) in [5, 5.41) is 0. The molecule has 1 atom stereocenters. The Bertz CT molecular complexity index is 444. The number of unbranched alkanes of at least 4 members (excludes halogenated alkanes) is 8. The van der Waals surface area contributed by atoms with E-state index in [2.05, 4.69) is 19.1 Å². The van der Waals surface area contributed by atoms with Crippen LogP contribution in [0.3, 0.4) is 0 Å². The molecule has 0 saturated heterocycles. The van der Waals surface area contributed by atoms with Gasteiger partial charge in [0.25, 0.3) is 0 Å². The fraction of sp³-hybridized carbons (Fsp3) is 0.696. The van der Waals surface area contributed by atoms with Crippen LogP contribution < -0.4 is 0 Å². The van der Waals surface area contributed by atoms with E-state index in [0.29, 0.717) is 19.6 Å². The van der Waals surface area contributed by atoms with Gasteiger partial charge >= 0.3 is 5.97 Å². The van der Waals surface area contributed by atoms with E-state index in [1.54, 1.807) is 0 Å². The van der Waals surface area contributed by atoms with Crippen molar-refractivity contribution in [3.63, 3.8) is 0 Å². The molecule has 0 amide bonds. The van der Waals surface area contributed by atoms with E-state index in [4.69, 9.17) is 9.47 Å². The van der Waals surface area contributed by atoms with Crippen molar-refractivity contribution in [1.82, 2.24) is 0 Å². The maximum atomic E-state index is 11.8. The second kappa shape index (κ2) is 15.9. The number of rotatable bonds is 16. The first-order chi connectivity index (χ1) is 12.8. The fourth-order valence-corrected chi connectivity index (χ4v) is 3.12. The molecule has 0 aromatic heterocycles. The van der Waals surface area contributed by atoms with E-state index in [1.165, 1.54) is 51.4 Å². The minimum atomic E-state index is -0.151. The van der Waals surface area contributed by atoms with Gasteiger partial charge in [-0.15, -0.1) is 0 Å². The Morgan fingerprint density at radius 1 is 0.885 bits per heavy atom. The fourth-order valence-electron chi connectivity index (χ4n) is 3.12. The third-order valence-corrected chi connectivity index (χ3v) is 4.66. The standard InChI is InChI=1S/C23H38O3/c1-3-5-6-7-8-9-10-11-15-18-22(19-23(24)25-4-2)26-20-21-16-13-12-14-17-21/h12-14,16-17,22H,3-11,15,18-20H2,1-2H3/t22-/m0/s1. The molecule has 0 bridgehead atoms. The number of carbonyl (C=O) groups excluding carboxylic acids is 1. The van der Waals surface area contributed by atoms with Gasteiger partial charge in [-0.1, -0.05) is 95.0 Å². The Morgan fingerprint density at radius 2 is 1.50 bits per heavy atom. The zero-order valence-corrected chi connectivity index (χ0v) is 16.9. The van der Waals surface area contributed by atoms with Crippen molar-refractivity contribution in [3.8, 4) is 0 Å². The Balaban J connectivity index is 2.22. The molecular formula is C23H38O3. The maximum Gasteiger partial charge on any atom is 0.308 e. The Hall–Kier alpha value is -1.35. The number of hydrogen-bond acceptors (Lipinski definition) is 3. The van der Waals surface area contributed by atoms with Crippen LogP contribution in [0.25, 0.3) is 0 Å². The molecule has 3 nitrogen and oxygen atoms in total. The van der Waals surface area contributed by atoms with Crippen LogP contribution in [0.4, 0.5) is 0 Å². The van der Waals surface area contributed by atoms with Gasteiger partial charge in [-0.05, 0) is 18.9 Å². The van der Waals surface area contributed by atoms with Crippen molar-refractivity contribution >= 4 is 5.97 Å². The van der Waals surface area contributed by atoms with Crippen LogP contribution in [-0.2, 0) is 20.9 Å². The predicted molar refractivity (Wildman–Crippen MR) is 108 cm³/mol. The van der Waals surface area contributed by atoms with Crippen molar-refractivity contribution in [1.29, 1.82) is 0 Å². The number of carbonyl (C=O) groups is 1. The number of benzene rings is 1. The normalized spacial score (nSPS) is 12.1. The molecule has 0 N–H and O–H groups in total. The minimum Gasteiger partial charge on any atom is -0.466 e. The minimum absolute atomic E-state index is 0.0428. The maximum absolute atomic E-state index is 11.8. The van der Waals surface area contributed by atoms with E-state index in [1.807, 2.05) is 25.1 Å². The molecular weight excluding hydrogens is 324 g/mol. The van der Waals surface area contributed by atoms with Gasteiger partial charge < -0.3 is 9.47 Å². The lowest BCUT2D eigenvalue weighted by Crippen LogP contribution is -2.19. The molecule has 0 spiro atoms. The third-order valence-electron chi connectivity index (χ3n) is 4.66. The molecule has 148 valence electrons. The summed E-state index contributed by atoms with van der Waals surface area (Å²) in [5.41, 5.74) is 1.15. The highest BCUT2D eigenvalue weighted by molar-refractivity contribution is 5.69. The van der Waals surface area contributed by atoms with Crippen LogP contribution in [0, 0.1) is 0 Å². The lowest BCUT2D eigenvalue weighted by atomic mass is 10.0. The summed E-state index contributed by atoms with van der Waals surface area (Å²) < 4.78 is 11.1. The van der Waals surface area contributed by atoms with E-state index in [0.717, 1.165) is 18.4 Å². The summed E-state index contributed by atoms with van der Waals surface area (Å²) >= 11 is 0. The van der Waals surface area contributed by atoms with E-state index >= 15 is 0 Å². The van der Waals surface area contributed by atoms with Gasteiger partial charge in [0.15, 0.2) is 0 Å². The van der Waals surface area contributed by atoms with Crippen LogP contribution in [0.2, 0.25) is 0 Å². The van der Waals surface area contributed by atoms with Crippen LogP contribution in [-0.4, -0.2) is 18.7 Å². The molecule has 1 aromatic carbocycles. The third kappa shape index (κ3) is 12.1. The van der Waals surface area contributed by atoms with Gasteiger partial charge in [0, 0.05) is 0 Å². The van der Waals surface area contributed by atoms with Gasteiger partial charge in [-0.3, -0.25) is 4.79 Å². The second-order valence-electron chi connectivity index (χ2n) is 7.04. The predicted octanol–water partition coefficient (Wildman–Crippen LogP) is 6.45. The first-order valence-electron chi connectivity index (χ1n) is 10.6.